The lowest BCUT2D eigenvalue weighted by Gasteiger charge is -2.50. The molecule has 11 unspecified atom stereocenters. The first kappa shape index (κ1) is 23.8. The molecule has 5 nitrogen and oxygen atoms in total. The van der Waals surface area contributed by atoms with Crippen molar-refractivity contribution in [2.75, 3.05) is 13.6 Å². The Morgan fingerprint density at radius 3 is 2.47 bits per heavy atom. The number of hydrogen-bond acceptors (Lipinski definition) is 3. The average molecular weight is 458 g/mol. The van der Waals surface area contributed by atoms with E-state index < -0.39 is 31.0 Å². The number of alkyl halides is 3. The van der Waals surface area contributed by atoms with Crippen LogP contribution in [0.4, 0.5) is 13.2 Å². The second kappa shape index (κ2) is 9.51. The molecule has 182 valence electrons. The van der Waals surface area contributed by atoms with Crippen molar-refractivity contribution in [1.29, 1.82) is 0 Å². The summed E-state index contributed by atoms with van der Waals surface area (Å²) in [6.45, 7) is 5.22. The quantitative estimate of drug-likeness (QED) is 0.684. The Morgan fingerprint density at radius 2 is 1.72 bits per heavy atom. The number of fused-ring (bicyclic) bond motifs is 1. The lowest BCUT2D eigenvalue weighted by molar-refractivity contribution is -0.150. The highest BCUT2D eigenvalue weighted by Gasteiger charge is 2.48. The molecule has 0 radical (unpaired) electrons. The number of carbonyl (C=O) groups excluding carboxylic acids is 2. The van der Waals surface area contributed by atoms with Crippen LogP contribution in [0.3, 0.4) is 0 Å². The molecule has 2 N–H and O–H groups in total. The van der Waals surface area contributed by atoms with Gasteiger partial charge in [0, 0.05) is 50.4 Å². The van der Waals surface area contributed by atoms with E-state index >= 15 is 0 Å². The first-order chi connectivity index (χ1) is 15.2. The van der Waals surface area contributed by atoms with Crippen LogP contribution in [-0.2, 0) is 9.59 Å². The van der Waals surface area contributed by atoms with Gasteiger partial charge in [0.2, 0.25) is 11.8 Å². The Hall–Kier alpha value is -1.31. The SMILES string of the molecule is CC1CC2C(CN1)CC(C1CC(C(=O)NC3CC(F)C(F)CC3F)CCC1C)C(=O)N2C. The predicted molar refractivity (Wildman–Crippen MR) is 116 cm³/mol. The van der Waals surface area contributed by atoms with Crippen LogP contribution in [0.5, 0.6) is 0 Å². The number of nitrogens with zero attached hydrogens (tertiary/aromatic N) is 1. The molecule has 4 fully saturated rings. The zero-order chi connectivity index (χ0) is 23.2. The summed E-state index contributed by atoms with van der Waals surface area (Å²) in [5, 5.41) is 6.21. The summed E-state index contributed by atoms with van der Waals surface area (Å²) in [7, 11) is 1.91. The summed E-state index contributed by atoms with van der Waals surface area (Å²) in [6.07, 6.45) is -2.01. The Labute approximate surface area is 189 Å². The van der Waals surface area contributed by atoms with Gasteiger partial charge in [-0.3, -0.25) is 9.59 Å². The van der Waals surface area contributed by atoms with E-state index in [1.165, 1.54) is 0 Å². The van der Waals surface area contributed by atoms with Gasteiger partial charge in [0.15, 0.2) is 0 Å². The second-order valence-corrected chi connectivity index (χ2v) is 10.9. The molecule has 2 aliphatic carbocycles. The van der Waals surface area contributed by atoms with Crippen molar-refractivity contribution in [3.63, 3.8) is 0 Å². The van der Waals surface area contributed by atoms with Gasteiger partial charge in [0.05, 0.1) is 6.04 Å². The molecular formula is C24H38F3N3O2. The highest BCUT2D eigenvalue weighted by molar-refractivity contribution is 5.81. The molecule has 2 aliphatic heterocycles. The van der Waals surface area contributed by atoms with E-state index in [0.29, 0.717) is 30.7 Å². The minimum Gasteiger partial charge on any atom is -0.350 e. The van der Waals surface area contributed by atoms with Crippen molar-refractivity contribution >= 4 is 11.8 Å². The zero-order valence-electron chi connectivity index (χ0n) is 19.4. The van der Waals surface area contributed by atoms with Crippen LogP contribution in [-0.4, -0.2) is 66.9 Å². The third kappa shape index (κ3) is 4.66. The number of amides is 2. The maximum atomic E-state index is 14.2. The normalized spacial score (nSPS) is 47.6. The van der Waals surface area contributed by atoms with Crippen LogP contribution in [0.2, 0.25) is 0 Å². The summed E-state index contributed by atoms with van der Waals surface area (Å²) in [6, 6.07) is -0.296. The maximum absolute atomic E-state index is 14.2. The van der Waals surface area contributed by atoms with E-state index in [-0.39, 0.29) is 42.0 Å². The van der Waals surface area contributed by atoms with Gasteiger partial charge in [-0.15, -0.1) is 0 Å². The Morgan fingerprint density at radius 1 is 1.00 bits per heavy atom. The molecule has 2 saturated carbocycles. The average Bonchev–Trinajstić information content (AvgIpc) is 2.75. The second-order valence-electron chi connectivity index (χ2n) is 10.9. The molecule has 0 spiro atoms. The first-order valence-corrected chi connectivity index (χ1v) is 12.4. The minimum atomic E-state index is -1.80. The Balaban J connectivity index is 1.41. The number of hydrogen-bond donors (Lipinski definition) is 2. The lowest BCUT2D eigenvalue weighted by atomic mass is 9.64. The molecular weight excluding hydrogens is 419 g/mol. The molecule has 0 aromatic carbocycles. The summed E-state index contributed by atoms with van der Waals surface area (Å²) in [4.78, 5) is 28.2. The highest BCUT2D eigenvalue weighted by Crippen LogP contribution is 2.44. The Bertz CT molecular complexity index is 710. The molecule has 32 heavy (non-hydrogen) atoms. The molecule has 2 saturated heterocycles. The maximum Gasteiger partial charge on any atom is 0.225 e. The van der Waals surface area contributed by atoms with Gasteiger partial charge < -0.3 is 15.5 Å². The summed E-state index contributed by atoms with van der Waals surface area (Å²) in [5.41, 5.74) is 0. The van der Waals surface area contributed by atoms with Crippen molar-refractivity contribution in [3.8, 4) is 0 Å². The molecule has 0 aromatic rings. The summed E-state index contributed by atoms with van der Waals surface area (Å²) >= 11 is 0. The number of carbonyl (C=O) groups is 2. The highest BCUT2D eigenvalue weighted by atomic mass is 19.2. The third-order valence-corrected chi connectivity index (χ3v) is 8.82. The van der Waals surface area contributed by atoms with Crippen molar-refractivity contribution in [2.45, 2.75) is 95.4 Å². The van der Waals surface area contributed by atoms with Crippen molar-refractivity contribution in [2.24, 2.45) is 29.6 Å². The van der Waals surface area contributed by atoms with E-state index in [0.717, 1.165) is 25.8 Å². The zero-order valence-corrected chi connectivity index (χ0v) is 19.4. The molecule has 0 bridgehead atoms. The molecule has 11 atom stereocenters. The van der Waals surface area contributed by atoms with E-state index in [9.17, 15) is 22.8 Å². The van der Waals surface area contributed by atoms with E-state index in [4.69, 9.17) is 0 Å². The smallest absolute Gasteiger partial charge is 0.225 e. The fraction of sp³-hybridized carbons (Fsp3) is 0.917. The number of likely N-dealkylation sites (tertiary alicyclic amines) is 1. The van der Waals surface area contributed by atoms with Crippen molar-refractivity contribution in [1.82, 2.24) is 15.5 Å². The van der Waals surface area contributed by atoms with Gasteiger partial charge in [-0.05, 0) is 56.8 Å². The van der Waals surface area contributed by atoms with Crippen LogP contribution in [0.1, 0.15) is 58.8 Å². The number of nitrogens with one attached hydrogen (secondary N) is 2. The lowest BCUT2D eigenvalue weighted by Crippen LogP contribution is -2.60. The van der Waals surface area contributed by atoms with E-state index in [1.54, 1.807) is 0 Å². The molecule has 8 heteroatoms. The largest absolute Gasteiger partial charge is 0.350 e. The van der Waals surface area contributed by atoms with Crippen molar-refractivity contribution in [3.05, 3.63) is 0 Å². The molecule has 4 aliphatic rings. The van der Waals surface area contributed by atoms with Crippen LogP contribution < -0.4 is 10.6 Å². The van der Waals surface area contributed by atoms with Gasteiger partial charge in [-0.1, -0.05) is 6.92 Å². The number of rotatable bonds is 3. The molecule has 2 heterocycles. The third-order valence-electron chi connectivity index (χ3n) is 8.82. The van der Waals surface area contributed by atoms with Crippen LogP contribution in [0.15, 0.2) is 0 Å². The van der Waals surface area contributed by atoms with Gasteiger partial charge in [0.1, 0.15) is 18.5 Å². The Kier molecular flexibility index (Phi) is 7.08. The fourth-order valence-corrected chi connectivity index (χ4v) is 6.72. The summed E-state index contributed by atoms with van der Waals surface area (Å²) in [5.74, 6) is 0.347. The van der Waals surface area contributed by atoms with Crippen LogP contribution in [0, 0.1) is 29.6 Å². The van der Waals surface area contributed by atoms with Gasteiger partial charge in [-0.2, -0.15) is 0 Å². The molecule has 2 amide bonds. The molecule has 4 rings (SSSR count). The van der Waals surface area contributed by atoms with Gasteiger partial charge in [0.25, 0.3) is 0 Å². The topological polar surface area (TPSA) is 61.4 Å². The number of halogens is 3. The van der Waals surface area contributed by atoms with E-state index in [1.807, 2.05) is 11.9 Å². The monoisotopic (exact) mass is 457 g/mol. The fourth-order valence-electron chi connectivity index (χ4n) is 6.72. The minimum absolute atomic E-state index is 0.103. The van der Waals surface area contributed by atoms with Crippen LogP contribution >= 0.6 is 0 Å². The standard InChI is InChI=1S/C24H38F3N3O2/c1-12-4-5-14(23(31)29-21-10-19(26)18(25)9-20(21)27)7-16(12)17-8-15-11-28-13(2)6-22(15)30(3)24(17)32/h12-22,28H,4-11H2,1-3H3,(H,29,31). The molecule has 0 aromatic heterocycles. The van der Waals surface area contributed by atoms with Crippen molar-refractivity contribution < 1.29 is 22.8 Å². The van der Waals surface area contributed by atoms with E-state index in [2.05, 4.69) is 24.5 Å². The van der Waals surface area contributed by atoms with Crippen LogP contribution in [0.25, 0.3) is 0 Å². The predicted octanol–water partition coefficient (Wildman–Crippen LogP) is 3.18. The number of piperidine rings is 2. The summed E-state index contributed by atoms with van der Waals surface area (Å²) < 4.78 is 41.4. The van der Waals surface area contributed by atoms with Gasteiger partial charge >= 0.3 is 0 Å². The van der Waals surface area contributed by atoms with Gasteiger partial charge in [-0.25, -0.2) is 13.2 Å². The first-order valence-electron chi connectivity index (χ1n) is 12.4.